The van der Waals surface area contributed by atoms with Gasteiger partial charge < -0.3 is 19.7 Å². The number of rotatable bonds is 4. The van der Waals surface area contributed by atoms with Gasteiger partial charge in [-0.05, 0) is 24.6 Å². The van der Waals surface area contributed by atoms with Gasteiger partial charge in [-0.15, -0.1) is 0 Å². The first-order valence-corrected chi connectivity index (χ1v) is 7.55. The number of amides is 2. The molecule has 0 radical (unpaired) electrons. The normalized spacial score (nSPS) is 30.8. The third kappa shape index (κ3) is 2.30. The molecule has 0 aliphatic carbocycles. The SMILES string of the molecule is COc1cc(C2NC(C)(C(=O)O)C3C(=O)NC(=O)C23)cc(OC)c1O. The fraction of sp³-hybridized carbons (Fsp3) is 0.438. The first kappa shape index (κ1) is 17.0. The highest BCUT2D eigenvalue weighted by Gasteiger charge is 2.64. The molecule has 0 saturated carbocycles. The topological polar surface area (TPSA) is 134 Å². The van der Waals surface area contributed by atoms with E-state index in [9.17, 15) is 24.6 Å². The summed E-state index contributed by atoms with van der Waals surface area (Å²) in [6, 6.07) is 2.20. The van der Waals surface area contributed by atoms with Gasteiger partial charge in [0.25, 0.3) is 0 Å². The second-order valence-electron chi connectivity index (χ2n) is 6.26. The molecule has 2 heterocycles. The zero-order chi connectivity index (χ0) is 18.5. The molecule has 4 unspecified atom stereocenters. The molecule has 2 aliphatic heterocycles. The number of carboxylic acid groups (broad SMARTS) is 1. The third-order valence-electron chi connectivity index (χ3n) is 4.93. The number of aliphatic carboxylic acids is 1. The molecule has 4 N–H and O–H groups in total. The highest BCUT2D eigenvalue weighted by molar-refractivity contribution is 6.09. The molecule has 2 aliphatic rings. The van der Waals surface area contributed by atoms with Gasteiger partial charge in [0.2, 0.25) is 17.6 Å². The van der Waals surface area contributed by atoms with Crippen LogP contribution in [0.15, 0.2) is 12.1 Å². The number of hydrogen-bond acceptors (Lipinski definition) is 7. The van der Waals surface area contributed by atoms with Crippen molar-refractivity contribution in [3.8, 4) is 17.2 Å². The summed E-state index contributed by atoms with van der Waals surface area (Å²) in [6.45, 7) is 1.38. The van der Waals surface area contributed by atoms with E-state index in [0.29, 0.717) is 5.56 Å². The number of carbonyl (C=O) groups is 3. The van der Waals surface area contributed by atoms with E-state index in [4.69, 9.17) is 9.47 Å². The molecule has 134 valence electrons. The van der Waals surface area contributed by atoms with E-state index in [1.807, 2.05) is 0 Å². The van der Waals surface area contributed by atoms with Crippen molar-refractivity contribution >= 4 is 17.8 Å². The number of carbonyl (C=O) groups excluding carboxylic acids is 2. The van der Waals surface area contributed by atoms with E-state index >= 15 is 0 Å². The van der Waals surface area contributed by atoms with Crippen molar-refractivity contribution in [2.75, 3.05) is 14.2 Å². The van der Waals surface area contributed by atoms with Gasteiger partial charge in [-0.2, -0.15) is 0 Å². The van der Waals surface area contributed by atoms with Crippen LogP contribution in [0.5, 0.6) is 17.2 Å². The molecule has 3 rings (SSSR count). The number of benzene rings is 1. The average Bonchev–Trinajstić information content (AvgIpc) is 3.05. The van der Waals surface area contributed by atoms with Crippen LogP contribution in [0.25, 0.3) is 0 Å². The van der Waals surface area contributed by atoms with Crippen LogP contribution >= 0.6 is 0 Å². The van der Waals surface area contributed by atoms with Gasteiger partial charge in [0.15, 0.2) is 11.5 Å². The number of aromatic hydroxyl groups is 1. The zero-order valence-electron chi connectivity index (χ0n) is 13.8. The standard InChI is InChI=1S/C16H18N2O7/c1-16(15(22)23)10-9(13(20)17-14(10)21)11(18-16)6-4-7(24-2)12(19)8(5-6)25-3/h4-5,9-11,18-19H,1-3H3,(H,22,23)(H,17,20,21). The van der Waals surface area contributed by atoms with Crippen molar-refractivity contribution in [2.45, 2.75) is 18.5 Å². The lowest BCUT2D eigenvalue weighted by atomic mass is 9.80. The van der Waals surface area contributed by atoms with Gasteiger partial charge in [-0.3, -0.25) is 25.0 Å². The third-order valence-corrected chi connectivity index (χ3v) is 4.93. The number of methoxy groups -OCH3 is 2. The van der Waals surface area contributed by atoms with Gasteiger partial charge in [-0.25, -0.2) is 0 Å². The summed E-state index contributed by atoms with van der Waals surface area (Å²) in [5.41, 5.74) is -1.14. The van der Waals surface area contributed by atoms with Crippen LogP contribution in [-0.4, -0.2) is 47.8 Å². The number of carboxylic acids is 1. The van der Waals surface area contributed by atoms with Crippen molar-refractivity contribution in [1.82, 2.24) is 10.6 Å². The molecule has 1 aromatic carbocycles. The smallest absolute Gasteiger partial charge is 0.324 e. The van der Waals surface area contributed by atoms with Crippen LogP contribution in [0.3, 0.4) is 0 Å². The Kier molecular flexibility index (Phi) is 3.83. The molecule has 0 aromatic heterocycles. The Morgan fingerprint density at radius 3 is 2.20 bits per heavy atom. The number of imide groups is 1. The van der Waals surface area contributed by atoms with E-state index in [2.05, 4.69) is 10.6 Å². The zero-order valence-corrected chi connectivity index (χ0v) is 13.8. The summed E-state index contributed by atoms with van der Waals surface area (Å²) < 4.78 is 10.2. The van der Waals surface area contributed by atoms with E-state index in [1.54, 1.807) is 0 Å². The van der Waals surface area contributed by atoms with E-state index in [0.717, 1.165) is 0 Å². The molecular formula is C16H18N2O7. The lowest BCUT2D eigenvalue weighted by molar-refractivity contribution is -0.148. The molecular weight excluding hydrogens is 332 g/mol. The highest BCUT2D eigenvalue weighted by atomic mass is 16.5. The van der Waals surface area contributed by atoms with Gasteiger partial charge >= 0.3 is 5.97 Å². The molecule has 4 atom stereocenters. The summed E-state index contributed by atoms with van der Waals surface area (Å²) in [5, 5.41) is 24.7. The predicted molar refractivity (Wildman–Crippen MR) is 83.3 cm³/mol. The Labute approximate surface area is 142 Å². The van der Waals surface area contributed by atoms with Gasteiger partial charge in [0.1, 0.15) is 5.54 Å². The first-order valence-electron chi connectivity index (χ1n) is 7.55. The summed E-state index contributed by atoms with van der Waals surface area (Å²) in [4.78, 5) is 36.2. The molecule has 0 spiro atoms. The molecule has 2 fully saturated rings. The maximum Gasteiger partial charge on any atom is 0.324 e. The predicted octanol–water partition coefficient (Wildman–Crippen LogP) is -0.214. The van der Waals surface area contributed by atoms with Crippen molar-refractivity contribution in [1.29, 1.82) is 0 Å². The van der Waals surface area contributed by atoms with E-state index in [-0.39, 0.29) is 17.2 Å². The molecule has 2 saturated heterocycles. The van der Waals surface area contributed by atoms with E-state index in [1.165, 1.54) is 33.3 Å². The molecule has 2 amide bonds. The highest BCUT2D eigenvalue weighted by Crippen LogP contribution is 2.48. The molecule has 9 nitrogen and oxygen atoms in total. The largest absolute Gasteiger partial charge is 0.502 e. The van der Waals surface area contributed by atoms with Crippen LogP contribution < -0.4 is 20.1 Å². The van der Waals surface area contributed by atoms with Crippen molar-refractivity contribution in [2.24, 2.45) is 11.8 Å². The second-order valence-corrected chi connectivity index (χ2v) is 6.26. The van der Waals surface area contributed by atoms with Crippen LogP contribution in [0.1, 0.15) is 18.5 Å². The maximum absolute atomic E-state index is 12.3. The lowest BCUT2D eigenvalue weighted by Gasteiger charge is -2.25. The Hall–Kier alpha value is -2.81. The molecule has 1 aromatic rings. The second kappa shape index (κ2) is 5.62. The molecule has 0 bridgehead atoms. The van der Waals surface area contributed by atoms with E-state index < -0.39 is 41.2 Å². The lowest BCUT2D eigenvalue weighted by Crippen LogP contribution is -2.52. The molecule has 25 heavy (non-hydrogen) atoms. The minimum Gasteiger partial charge on any atom is -0.502 e. The van der Waals surface area contributed by atoms with Crippen LogP contribution in [0.2, 0.25) is 0 Å². The fourth-order valence-electron chi connectivity index (χ4n) is 3.64. The van der Waals surface area contributed by atoms with Gasteiger partial charge in [0.05, 0.1) is 26.1 Å². The number of fused-ring (bicyclic) bond motifs is 1. The number of ether oxygens (including phenoxy) is 2. The summed E-state index contributed by atoms with van der Waals surface area (Å²) in [6.07, 6.45) is 0. The van der Waals surface area contributed by atoms with Crippen molar-refractivity contribution in [3.63, 3.8) is 0 Å². The van der Waals surface area contributed by atoms with Crippen LogP contribution in [0, 0.1) is 11.8 Å². The van der Waals surface area contributed by atoms with Crippen LogP contribution in [0.4, 0.5) is 0 Å². The Balaban J connectivity index is 2.13. The minimum absolute atomic E-state index is 0.112. The number of nitrogens with one attached hydrogen (secondary N) is 2. The van der Waals surface area contributed by atoms with Crippen molar-refractivity contribution in [3.05, 3.63) is 17.7 Å². The first-order chi connectivity index (χ1) is 11.7. The fourth-order valence-corrected chi connectivity index (χ4v) is 3.64. The minimum atomic E-state index is -1.61. The summed E-state index contributed by atoms with van der Waals surface area (Å²) in [5.74, 6) is -4.32. The molecule has 9 heteroatoms. The van der Waals surface area contributed by atoms with Gasteiger partial charge in [-0.1, -0.05) is 0 Å². The van der Waals surface area contributed by atoms with Gasteiger partial charge in [0, 0.05) is 6.04 Å². The quantitative estimate of drug-likeness (QED) is 0.548. The van der Waals surface area contributed by atoms with Crippen molar-refractivity contribution < 1.29 is 34.1 Å². The summed E-state index contributed by atoms with van der Waals surface area (Å²) in [7, 11) is 2.71. The number of hydrogen-bond donors (Lipinski definition) is 4. The number of phenols is 1. The Bertz CT molecular complexity index is 753. The summed E-state index contributed by atoms with van der Waals surface area (Å²) >= 11 is 0. The average molecular weight is 350 g/mol. The number of phenolic OH excluding ortho intramolecular Hbond substituents is 1. The van der Waals surface area contributed by atoms with Crippen LogP contribution in [-0.2, 0) is 14.4 Å². The maximum atomic E-state index is 12.3. The Morgan fingerprint density at radius 2 is 1.72 bits per heavy atom. The Morgan fingerprint density at radius 1 is 1.16 bits per heavy atom. The monoisotopic (exact) mass is 350 g/mol.